The van der Waals surface area contributed by atoms with E-state index in [-0.39, 0.29) is 5.91 Å². The molecule has 6 nitrogen and oxygen atoms in total. The van der Waals surface area contributed by atoms with Gasteiger partial charge in [0.1, 0.15) is 0 Å². The predicted octanol–water partition coefficient (Wildman–Crippen LogP) is 2.20. The summed E-state index contributed by atoms with van der Waals surface area (Å²) >= 11 is 0. The van der Waals surface area contributed by atoms with E-state index in [0.717, 1.165) is 32.4 Å². The summed E-state index contributed by atoms with van der Waals surface area (Å²) < 4.78 is 0. The molecular weight excluding hydrogens is 314 g/mol. The summed E-state index contributed by atoms with van der Waals surface area (Å²) in [4.78, 5) is 22.5. The summed E-state index contributed by atoms with van der Waals surface area (Å²) in [5, 5.41) is 6.06. The summed E-state index contributed by atoms with van der Waals surface area (Å²) in [5.74, 6) is 0.423. The first-order valence-electron chi connectivity index (χ1n) is 8.68. The largest absolute Gasteiger partial charge is 0.354 e. The average molecular weight is 341 g/mol. The molecule has 0 spiro atoms. The Morgan fingerprint density at radius 2 is 1.76 bits per heavy atom. The number of aryl methyl sites for hydroxylation is 1. The smallest absolute Gasteiger partial charge is 0.254 e. The van der Waals surface area contributed by atoms with Crippen molar-refractivity contribution in [1.82, 2.24) is 20.2 Å². The van der Waals surface area contributed by atoms with E-state index in [1.54, 1.807) is 12.4 Å². The molecule has 1 aromatic carbocycles. The number of hydrogen-bond donors (Lipinski definition) is 2. The van der Waals surface area contributed by atoms with Crippen LogP contribution in [0.3, 0.4) is 0 Å². The summed E-state index contributed by atoms with van der Waals surface area (Å²) in [6.45, 7) is 2.39. The number of rotatable bonds is 10. The molecule has 0 bridgehead atoms. The highest BCUT2D eigenvalue weighted by atomic mass is 16.1. The van der Waals surface area contributed by atoms with Crippen molar-refractivity contribution in [2.45, 2.75) is 19.3 Å². The summed E-state index contributed by atoms with van der Waals surface area (Å²) in [6, 6.07) is 10.4. The number of benzene rings is 1. The summed E-state index contributed by atoms with van der Waals surface area (Å²) in [5.41, 5.74) is 1.81. The summed E-state index contributed by atoms with van der Waals surface area (Å²) in [6.07, 6.45) is 6.06. The maximum atomic E-state index is 12.0. The van der Waals surface area contributed by atoms with Crippen molar-refractivity contribution >= 4 is 11.9 Å². The van der Waals surface area contributed by atoms with Crippen molar-refractivity contribution in [3.05, 3.63) is 53.9 Å². The minimum Gasteiger partial charge on any atom is -0.354 e. The third-order valence-corrected chi connectivity index (χ3v) is 3.75. The Morgan fingerprint density at radius 3 is 2.44 bits per heavy atom. The monoisotopic (exact) mass is 341 g/mol. The molecule has 2 aromatic rings. The third kappa shape index (κ3) is 7.30. The van der Waals surface area contributed by atoms with Crippen LogP contribution in [-0.4, -0.2) is 54.5 Å². The Labute approximate surface area is 149 Å². The van der Waals surface area contributed by atoms with Crippen LogP contribution < -0.4 is 10.6 Å². The standard InChI is InChI=1S/C19H27N5O/c1-24(2)13-7-12-20-18(25)17-14-22-19(23-15-17)21-11-6-10-16-8-4-3-5-9-16/h3-5,8-9,14-15H,6-7,10-13H2,1-2H3,(H,20,25)(H,21,22,23). The van der Waals surface area contributed by atoms with Gasteiger partial charge in [0, 0.05) is 25.5 Å². The lowest BCUT2D eigenvalue weighted by molar-refractivity contribution is 0.0951. The van der Waals surface area contributed by atoms with E-state index in [4.69, 9.17) is 0 Å². The van der Waals surface area contributed by atoms with Gasteiger partial charge in [-0.05, 0) is 45.5 Å². The minimum atomic E-state index is -0.130. The number of carbonyl (C=O) groups excluding carboxylic acids is 1. The molecule has 0 radical (unpaired) electrons. The van der Waals surface area contributed by atoms with Gasteiger partial charge >= 0.3 is 0 Å². The quantitative estimate of drug-likeness (QED) is 0.648. The van der Waals surface area contributed by atoms with E-state index >= 15 is 0 Å². The molecule has 0 saturated carbocycles. The third-order valence-electron chi connectivity index (χ3n) is 3.75. The van der Waals surface area contributed by atoms with Crippen LogP contribution in [0.25, 0.3) is 0 Å². The molecule has 1 aromatic heterocycles. The fourth-order valence-corrected chi connectivity index (χ4v) is 2.37. The highest BCUT2D eigenvalue weighted by molar-refractivity contribution is 5.93. The first-order chi connectivity index (χ1) is 12.1. The van der Waals surface area contributed by atoms with Gasteiger partial charge < -0.3 is 15.5 Å². The van der Waals surface area contributed by atoms with Crippen LogP contribution >= 0.6 is 0 Å². The maximum absolute atomic E-state index is 12.0. The molecule has 6 heteroatoms. The van der Waals surface area contributed by atoms with Gasteiger partial charge in [0.15, 0.2) is 0 Å². The molecule has 0 unspecified atom stereocenters. The van der Waals surface area contributed by atoms with Crippen LogP contribution in [0.1, 0.15) is 28.8 Å². The fourth-order valence-electron chi connectivity index (χ4n) is 2.37. The average Bonchev–Trinajstić information content (AvgIpc) is 2.63. The lowest BCUT2D eigenvalue weighted by atomic mass is 10.1. The fraction of sp³-hybridized carbons (Fsp3) is 0.421. The topological polar surface area (TPSA) is 70.2 Å². The molecule has 2 rings (SSSR count). The Balaban J connectivity index is 1.67. The van der Waals surface area contributed by atoms with Crippen molar-refractivity contribution in [3.63, 3.8) is 0 Å². The van der Waals surface area contributed by atoms with Crippen LogP contribution in [0.15, 0.2) is 42.7 Å². The van der Waals surface area contributed by atoms with Gasteiger partial charge in [0.2, 0.25) is 5.95 Å². The highest BCUT2D eigenvalue weighted by Crippen LogP contribution is 2.04. The highest BCUT2D eigenvalue weighted by Gasteiger charge is 2.06. The van der Waals surface area contributed by atoms with Crippen molar-refractivity contribution in [3.8, 4) is 0 Å². The molecule has 25 heavy (non-hydrogen) atoms. The molecule has 134 valence electrons. The van der Waals surface area contributed by atoms with E-state index in [1.807, 2.05) is 20.2 Å². The molecule has 1 heterocycles. The molecule has 0 aliphatic carbocycles. The summed E-state index contributed by atoms with van der Waals surface area (Å²) in [7, 11) is 4.03. The molecule has 0 aliphatic rings. The second-order valence-electron chi connectivity index (χ2n) is 6.22. The van der Waals surface area contributed by atoms with Crippen LogP contribution in [0.2, 0.25) is 0 Å². The van der Waals surface area contributed by atoms with E-state index in [0.29, 0.717) is 18.1 Å². The van der Waals surface area contributed by atoms with E-state index in [9.17, 15) is 4.79 Å². The number of anilines is 1. The Morgan fingerprint density at radius 1 is 1.04 bits per heavy atom. The van der Waals surface area contributed by atoms with Gasteiger partial charge in [-0.15, -0.1) is 0 Å². The van der Waals surface area contributed by atoms with Gasteiger partial charge in [-0.25, -0.2) is 9.97 Å². The Kier molecular flexibility index (Phi) is 7.85. The van der Waals surface area contributed by atoms with Crippen LogP contribution in [0, 0.1) is 0 Å². The second kappa shape index (κ2) is 10.4. The van der Waals surface area contributed by atoms with Gasteiger partial charge in [-0.3, -0.25) is 4.79 Å². The number of amides is 1. The van der Waals surface area contributed by atoms with Crippen LogP contribution in [-0.2, 0) is 6.42 Å². The molecule has 0 atom stereocenters. The SMILES string of the molecule is CN(C)CCCNC(=O)c1cnc(NCCCc2ccccc2)nc1. The first-order valence-corrected chi connectivity index (χ1v) is 8.68. The predicted molar refractivity (Wildman–Crippen MR) is 101 cm³/mol. The van der Waals surface area contributed by atoms with E-state index in [2.05, 4.69) is 49.8 Å². The zero-order valence-electron chi connectivity index (χ0n) is 15.0. The van der Waals surface area contributed by atoms with E-state index < -0.39 is 0 Å². The molecule has 0 aliphatic heterocycles. The number of nitrogens with one attached hydrogen (secondary N) is 2. The first kappa shape index (κ1) is 18.9. The molecule has 1 amide bonds. The van der Waals surface area contributed by atoms with E-state index in [1.165, 1.54) is 5.56 Å². The van der Waals surface area contributed by atoms with Gasteiger partial charge in [0.25, 0.3) is 5.91 Å². The molecule has 0 saturated heterocycles. The minimum absolute atomic E-state index is 0.130. The zero-order valence-corrected chi connectivity index (χ0v) is 15.0. The van der Waals surface area contributed by atoms with Gasteiger partial charge in [0.05, 0.1) is 5.56 Å². The van der Waals surface area contributed by atoms with Crippen molar-refractivity contribution < 1.29 is 4.79 Å². The van der Waals surface area contributed by atoms with Crippen molar-refractivity contribution in [1.29, 1.82) is 0 Å². The maximum Gasteiger partial charge on any atom is 0.254 e. The molecule has 0 fully saturated rings. The number of nitrogens with zero attached hydrogens (tertiary/aromatic N) is 3. The number of aromatic nitrogens is 2. The lowest BCUT2D eigenvalue weighted by Crippen LogP contribution is -2.27. The Hall–Kier alpha value is -2.47. The van der Waals surface area contributed by atoms with Crippen molar-refractivity contribution in [2.24, 2.45) is 0 Å². The van der Waals surface area contributed by atoms with Gasteiger partial charge in [-0.1, -0.05) is 30.3 Å². The van der Waals surface area contributed by atoms with Crippen LogP contribution in [0.5, 0.6) is 0 Å². The second-order valence-corrected chi connectivity index (χ2v) is 6.22. The molecule has 2 N–H and O–H groups in total. The molecular formula is C19H27N5O. The lowest BCUT2D eigenvalue weighted by Gasteiger charge is -2.10. The van der Waals surface area contributed by atoms with Crippen molar-refractivity contribution in [2.75, 3.05) is 39.0 Å². The normalized spacial score (nSPS) is 10.7. The number of carbonyl (C=O) groups is 1. The zero-order chi connectivity index (χ0) is 17.9. The number of hydrogen-bond acceptors (Lipinski definition) is 5. The van der Waals surface area contributed by atoms with Gasteiger partial charge in [-0.2, -0.15) is 0 Å². The Bertz CT molecular complexity index is 628. The van der Waals surface area contributed by atoms with Crippen LogP contribution in [0.4, 0.5) is 5.95 Å².